The molecule has 6 heteroatoms. The molecule has 0 amide bonds. The maximum absolute atomic E-state index is 9.24. The Hall–Kier alpha value is -1.42. The molecule has 0 unspecified atom stereocenters. The number of hydrogen-bond donors (Lipinski definition) is 1. The van der Waals surface area contributed by atoms with Crippen LogP contribution in [-0.2, 0) is 6.54 Å². The van der Waals surface area contributed by atoms with E-state index in [1.165, 1.54) is 23.3 Å². The van der Waals surface area contributed by atoms with Gasteiger partial charge in [0, 0.05) is 11.4 Å². The minimum Gasteiger partial charge on any atom is -0.313 e. The Labute approximate surface area is 121 Å². The molecule has 0 saturated carbocycles. The summed E-state index contributed by atoms with van der Waals surface area (Å²) in [6.07, 6.45) is 0. The van der Waals surface area contributed by atoms with Gasteiger partial charge in [0.05, 0.1) is 5.56 Å². The molecule has 4 nitrogen and oxygen atoms in total. The van der Waals surface area contributed by atoms with Crippen LogP contribution in [0.2, 0.25) is 0 Å². The van der Waals surface area contributed by atoms with E-state index in [1.54, 1.807) is 0 Å². The van der Waals surface area contributed by atoms with E-state index in [0.717, 1.165) is 33.7 Å². The molecule has 0 aliphatic carbocycles. The van der Waals surface area contributed by atoms with E-state index in [4.69, 9.17) is 0 Å². The maximum atomic E-state index is 9.24. The number of aryl methyl sites for hydroxylation is 1. The summed E-state index contributed by atoms with van der Waals surface area (Å²) in [6.45, 7) is 5.63. The lowest BCUT2D eigenvalue weighted by atomic mass is 10.1. The Kier molecular flexibility index (Phi) is 4.91. The third-order valence-corrected chi connectivity index (χ3v) is 4.37. The highest BCUT2D eigenvalue weighted by Gasteiger charge is 2.08. The topological polar surface area (TPSA) is 61.6 Å². The molecule has 98 valence electrons. The van der Waals surface area contributed by atoms with Gasteiger partial charge in [-0.15, -0.1) is 0 Å². The van der Waals surface area contributed by atoms with E-state index in [-0.39, 0.29) is 0 Å². The van der Waals surface area contributed by atoms with E-state index >= 15 is 0 Å². The van der Waals surface area contributed by atoms with Crippen molar-refractivity contribution in [2.75, 3.05) is 6.54 Å². The number of benzene rings is 1. The summed E-state index contributed by atoms with van der Waals surface area (Å²) in [5.74, 6) is 0.773. The molecule has 1 heterocycles. The standard InChI is InChI=1S/C13H14N4S2/c1-3-15-8-10-4-5-12(11(6-10)7-14)18-13-16-9(2)17-19-13/h4-6,15H,3,8H2,1-2H3. The second-order valence-electron chi connectivity index (χ2n) is 3.93. The van der Waals surface area contributed by atoms with Gasteiger partial charge in [0.15, 0.2) is 4.34 Å². The van der Waals surface area contributed by atoms with Crippen LogP contribution in [-0.4, -0.2) is 15.9 Å². The van der Waals surface area contributed by atoms with Gasteiger partial charge in [0.1, 0.15) is 11.9 Å². The molecule has 0 fully saturated rings. The second-order valence-corrected chi connectivity index (χ2v) is 5.97. The number of nitriles is 1. The minimum absolute atomic E-state index is 0.688. The predicted octanol–water partition coefficient (Wildman–Crippen LogP) is 2.98. The number of nitrogens with zero attached hydrogens (tertiary/aromatic N) is 3. The predicted molar refractivity (Wildman–Crippen MR) is 77.3 cm³/mol. The third-order valence-electron chi connectivity index (χ3n) is 2.45. The van der Waals surface area contributed by atoms with Gasteiger partial charge in [-0.1, -0.05) is 24.8 Å². The highest BCUT2D eigenvalue weighted by atomic mass is 32.2. The summed E-state index contributed by atoms with van der Waals surface area (Å²) in [5.41, 5.74) is 1.81. The van der Waals surface area contributed by atoms with Gasteiger partial charge in [-0.3, -0.25) is 0 Å². The molecule has 1 N–H and O–H groups in total. The van der Waals surface area contributed by atoms with Crippen molar-refractivity contribution in [2.45, 2.75) is 29.6 Å². The molecular formula is C13H14N4S2. The van der Waals surface area contributed by atoms with E-state index in [0.29, 0.717) is 5.56 Å². The number of hydrogen-bond acceptors (Lipinski definition) is 6. The molecule has 19 heavy (non-hydrogen) atoms. The summed E-state index contributed by atoms with van der Waals surface area (Å²) in [7, 11) is 0. The molecule has 0 aliphatic rings. The summed E-state index contributed by atoms with van der Waals surface area (Å²) >= 11 is 2.86. The molecule has 0 radical (unpaired) electrons. The zero-order valence-corrected chi connectivity index (χ0v) is 12.4. The Bertz CT molecular complexity index is 601. The van der Waals surface area contributed by atoms with Crippen molar-refractivity contribution in [2.24, 2.45) is 0 Å². The van der Waals surface area contributed by atoms with Gasteiger partial charge in [-0.05, 0) is 42.7 Å². The zero-order valence-electron chi connectivity index (χ0n) is 10.8. The first-order valence-electron chi connectivity index (χ1n) is 5.95. The van der Waals surface area contributed by atoms with Crippen molar-refractivity contribution < 1.29 is 0 Å². The van der Waals surface area contributed by atoms with Crippen molar-refractivity contribution >= 4 is 23.3 Å². The number of aromatic nitrogens is 2. The molecule has 0 saturated heterocycles. The fourth-order valence-corrected chi connectivity index (χ4v) is 3.22. The summed E-state index contributed by atoms with van der Waals surface area (Å²) in [4.78, 5) is 5.23. The van der Waals surface area contributed by atoms with Gasteiger partial charge in [-0.2, -0.15) is 9.64 Å². The highest BCUT2D eigenvalue weighted by Crippen LogP contribution is 2.31. The van der Waals surface area contributed by atoms with Crippen LogP contribution in [0.1, 0.15) is 23.9 Å². The van der Waals surface area contributed by atoms with Gasteiger partial charge in [0.2, 0.25) is 0 Å². The lowest BCUT2D eigenvalue weighted by Gasteiger charge is -2.05. The van der Waals surface area contributed by atoms with Crippen LogP contribution in [0, 0.1) is 18.3 Å². The Morgan fingerprint density at radius 2 is 2.32 bits per heavy atom. The van der Waals surface area contributed by atoms with Crippen molar-refractivity contribution in [3.05, 3.63) is 35.2 Å². The van der Waals surface area contributed by atoms with E-state index in [2.05, 4.69) is 27.7 Å². The average molecular weight is 290 g/mol. The number of nitrogens with one attached hydrogen (secondary N) is 1. The monoisotopic (exact) mass is 290 g/mol. The molecule has 2 rings (SSSR count). The highest BCUT2D eigenvalue weighted by molar-refractivity contribution is 8.01. The van der Waals surface area contributed by atoms with Crippen LogP contribution in [0.5, 0.6) is 0 Å². The van der Waals surface area contributed by atoms with Crippen LogP contribution in [0.25, 0.3) is 0 Å². The van der Waals surface area contributed by atoms with Crippen molar-refractivity contribution in [3.8, 4) is 6.07 Å². The van der Waals surface area contributed by atoms with Crippen LogP contribution in [0.3, 0.4) is 0 Å². The molecule has 2 aromatic rings. The molecule has 1 aromatic heterocycles. The molecule has 0 atom stereocenters. The third kappa shape index (κ3) is 3.77. The SMILES string of the molecule is CCNCc1ccc(Sc2nc(C)ns2)c(C#N)c1. The van der Waals surface area contributed by atoms with Crippen molar-refractivity contribution in [1.29, 1.82) is 5.26 Å². The Balaban J connectivity index is 2.19. The molecule has 0 bridgehead atoms. The van der Waals surface area contributed by atoms with E-state index in [1.807, 2.05) is 25.1 Å². The van der Waals surface area contributed by atoms with Crippen LogP contribution < -0.4 is 5.32 Å². The number of rotatable bonds is 5. The van der Waals surface area contributed by atoms with Crippen LogP contribution >= 0.6 is 23.3 Å². The second kappa shape index (κ2) is 6.66. The maximum Gasteiger partial charge on any atom is 0.174 e. The lowest BCUT2D eigenvalue weighted by molar-refractivity contribution is 0.726. The molecular weight excluding hydrogens is 276 g/mol. The van der Waals surface area contributed by atoms with Gasteiger partial charge < -0.3 is 5.32 Å². The summed E-state index contributed by atoms with van der Waals surface area (Å²) < 4.78 is 5.01. The van der Waals surface area contributed by atoms with Crippen molar-refractivity contribution in [3.63, 3.8) is 0 Å². The fourth-order valence-electron chi connectivity index (χ4n) is 1.55. The first-order valence-corrected chi connectivity index (χ1v) is 7.54. The average Bonchev–Trinajstić information content (AvgIpc) is 2.83. The Morgan fingerprint density at radius 1 is 1.47 bits per heavy atom. The zero-order chi connectivity index (χ0) is 13.7. The van der Waals surface area contributed by atoms with Gasteiger partial charge in [0.25, 0.3) is 0 Å². The largest absolute Gasteiger partial charge is 0.313 e. The summed E-state index contributed by atoms with van der Waals surface area (Å²) in [5, 5.41) is 12.5. The van der Waals surface area contributed by atoms with E-state index in [9.17, 15) is 5.26 Å². The van der Waals surface area contributed by atoms with Crippen molar-refractivity contribution in [1.82, 2.24) is 14.7 Å². The van der Waals surface area contributed by atoms with Crippen LogP contribution in [0.15, 0.2) is 27.4 Å². The van der Waals surface area contributed by atoms with Gasteiger partial charge >= 0.3 is 0 Å². The molecule has 0 aliphatic heterocycles. The molecule has 0 spiro atoms. The first-order chi connectivity index (χ1) is 9.22. The normalized spacial score (nSPS) is 10.4. The quantitative estimate of drug-likeness (QED) is 0.917. The first kappa shape index (κ1) is 14.0. The fraction of sp³-hybridized carbons (Fsp3) is 0.308. The van der Waals surface area contributed by atoms with E-state index < -0.39 is 0 Å². The Morgan fingerprint density at radius 3 is 2.95 bits per heavy atom. The lowest BCUT2D eigenvalue weighted by Crippen LogP contribution is -2.11. The smallest absolute Gasteiger partial charge is 0.174 e. The van der Waals surface area contributed by atoms with Crippen LogP contribution in [0.4, 0.5) is 0 Å². The minimum atomic E-state index is 0.688. The molecule has 1 aromatic carbocycles. The van der Waals surface area contributed by atoms with Gasteiger partial charge in [-0.25, -0.2) is 4.98 Å². The summed E-state index contributed by atoms with van der Waals surface area (Å²) in [6, 6.07) is 8.20.